The van der Waals surface area contributed by atoms with Gasteiger partial charge < -0.3 is 10.6 Å². The third-order valence-corrected chi connectivity index (χ3v) is 3.66. The molecule has 0 aliphatic heterocycles. The number of nitrogens with one attached hydrogen (secondary N) is 2. The summed E-state index contributed by atoms with van der Waals surface area (Å²) < 4.78 is 3.56. The molecule has 0 bridgehead atoms. The molecule has 124 valence electrons. The molecule has 8 heteroatoms. The minimum atomic E-state index is -0.315. The van der Waals surface area contributed by atoms with Gasteiger partial charge in [-0.2, -0.15) is 5.10 Å². The molecule has 4 aromatic rings. The number of urea groups is 1. The van der Waals surface area contributed by atoms with E-state index in [1.165, 1.54) is 0 Å². The van der Waals surface area contributed by atoms with Crippen molar-refractivity contribution in [3.63, 3.8) is 0 Å². The molecule has 0 unspecified atom stereocenters. The first-order chi connectivity index (χ1) is 12.3. The minimum absolute atomic E-state index is 0.274. The third kappa shape index (κ3) is 3.18. The van der Waals surface area contributed by atoms with E-state index in [4.69, 9.17) is 0 Å². The van der Waals surface area contributed by atoms with Crippen molar-refractivity contribution < 1.29 is 4.79 Å². The average Bonchev–Trinajstić information content (AvgIpc) is 3.30. The zero-order valence-corrected chi connectivity index (χ0v) is 13.2. The molecular weight excluding hydrogens is 318 g/mol. The fourth-order valence-electron chi connectivity index (χ4n) is 2.49. The lowest BCUT2D eigenvalue weighted by molar-refractivity contribution is 0.251. The number of rotatable bonds is 4. The van der Waals surface area contributed by atoms with E-state index in [-0.39, 0.29) is 12.6 Å². The molecule has 2 N–H and O–H groups in total. The van der Waals surface area contributed by atoms with Gasteiger partial charge >= 0.3 is 6.03 Å². The van der Waals surface area contributed by atoms with Gasteiger partial charge in [0.2, 0.25) is 0 Å². The van der Waals surface area contributed by atoms with E-state index in [0.29, 0.717) is 11.5 Å². The highest BCUT2D eigenvalue weighted by Gasteiger charge is 2.07. The van der Waals surface area contributed by atoms with Crippen LogP contribution in [0.3, 0.4) is 0 Å². The highest BCUT2D eigenvalue weighted by Crippen LogP contribution is 2.13. The Kier molecular flexibility index (Phi) is 3.83. The second kappa shape index (κ2) is 6.44. The summed E-state index contributed by atoms with van der Waals surface area (Å²) >= 11 is 0. The number of hydrogen-bond acceptors (Lipinski definition) is 4. The molecule has 3 aromatic heterocycles. The number of aromatic nitrogens is 5. The number of anilines is 1. The van der Waals surface area contributed by atoms with Crippen LogP contribution in [0.2, 0.25) is 0 Å². The molecule has 0 saturated heterocycles. The van der Waals surface area contributed by atoms with Crippen molar-refractivity contribution in [2.75, 3.05) is 5.32 Å². The lowest BCUT2D eigenvalue weighted by Crippen LogP contribution is -2.29. The average molecular weight is 333 g/mol. The lowest BCUT2D eigenvalue weighted by Gasteiger charge is -2.08. The van der Waals surface area contributed by atoms with Gasteiger partial charge in [-0.05, 0) is 36.4 Å². The van der Waals surface area contributed by atoms with Gasteiger partial charge in [-0.25, -0.2) is 9.48 Å². The first kappa shape index (κ1) is 14.9. The number of pyridine rings is 1. The van der Waals surface area contributed by atoms with Crippen molar-refractivity contribution >= 4 is 17.4 Å². The van der Waals surface area contributed by atoms with Crippen LogP contribution >= 0.6 is 0 Å². The zero-order chi connectivity index (χ0) is 17.1. The summed E-state index contributed by atoms with van der Waals surface area (Å²) in [6.07, 6.45) is 5.41. The van der Waals surface area contributed by atoms with E-state index in [1.54, 1.807) is 10.9 Å². The summed E-state index contributed by atoms with van der Waals surface area (Å²) in [5.41, 5.74) is 2.29. The maximum Gasteiger partial charge on any atom is 0.319 e. The van der Waals surface area contributed by atoms with Gasteiger partial charge in [0.05, 0.1) is 12.2 Å². The molecule has 0 saturated carbocycles. The van der Waals surface area contributed by atoms with Gasteiger partial charge in [-0.3, -0.25) is 4.40 Å². The summed E-state index contributed by atoms with van der Waals surface area (Å²) in [5, 5.41) is 17.9. The molecule has 3 heterocycles. The van der Waals surface area contributed by atoms with Crippen LogP contribution in [0.25, 0.3) is 11.3 Å². The van der Waals surface area contributed by atoms with E-state index < -0.39 is 0 Å². The first-order valence-electron chi connectivity index (χ1n) is 7.73. The summed E-state index contributed by atoms with van der Waals surface area (Å²) in [6, 6.07) is 14.6. The van der Waals surface area contributed by atoms with Crippen LogP contribution in [-0.2, 0) is 6.54 Å². The molecule has 8 nitrogen and oxygen atoms in total. The topological polar surface area (TPSA) is 89.1 Å². The molecule has 0 radical (unpaired) electrons. The van der Waals surface area contributed by atoms with E-state index >= 15 is 0 Å². The Morgan fingerprint density at radius 3 is 2.88 bits per heavy atom. The predicted octanol–water partition coefficient (Wildman–Crippen LogP) is 2.24. The van der Waals surface area contributed by atoms with Gasteiger partial charge in [-0.1, -0.05) is 12.1 Å². The van der Waals surface area contributed by atoms with E-state index in [9.17, 15) is 4.79 Å². The van der Waals surface area contributed by atoms with Gasteiger partial charge in [0.1, 0.15) is 0 Å². The van der Waals surface area contributed by atoms with E-state index in [0.717, 1.165) is 11.3 Å². The predicted molar refractivity (Wildman–Crippen MR) is 92.4 cm³/mol. The number of benzene rings is 1. The Bertz CT molecular complexity index is 1010. The number of carbonyl (C=O) groups is 1. The second-order valence-corrected chi connectivity index (χ2v) is 5.35. The van der Waals surface area contributed by atoms with Crippen LogP contribution in [0, 0.1) is 0 Å². The molecule has 2 amide bonds. The summed E-state index contributed by atoms with van der Waals surface area (Å²) in [7, 11) is 0. The Balaban J connectivity index is 1.42. The quantitative estimate of drug-likeness (QED) is 0.599. The van der Waals surface area contributed by atoms with Crippen LogP contribution in [0.5, 0.6) is 0 Å². The molecule has 1 aromatic carbocycles. The monoisotopic (exact) mass is 333 g/mol. The number of carbonyl (C=O) groups excluding carboxylic acids is 1. The van der Waals surface area contributed by atoms with E-state index in [2.05, 4.69) is 25.9 Å². The summed E-state index contributed by atoms with van der Waals surface area (Å²) in [5.74, 6) is 0.663. The highest BCUT2D eigenvalue weighted by molar-refractivity contribution is 5.89. The van der Waals surface area contributed by atoms with Crippen molar-refractivity contribution in [3.8, 4) is 5.69 Å². The van der Waals surface area contributed by atoms with Gasteiger partial charge in [0.15, 0.2) is 11.5 Å². The van der Waals surface area contributed by atoms with Crippen molar-refractivity contribution in [2.24, 2.45) is 0 Å². The Hall–Kier alpha value is -3.68. The van der Waals surface area contributed by atoms with Gasteiger partial charge in [0, 0.05) is 24.3 Å². The SMILES string of the molecule is O=C(NCc1nnc2ccccn12)Nc1cccc(-n2cccn2)c1. The molecular formula is C17H15N7O. The largest absolute Gasteiger partial charge is 0.331 e. The fourth-order valence-corrected chi connectivity index (χ4v) is 2.49. The van der Waals surface area contributed by atoms with Crippen molar-refractivity contribution in [2.45, 2.75) is 6.54 Å². The number of fused-ring (bicyclic) bond motifs is 1. The maximum absolute atomic E-state index is 12.1. The summed E-state index contributed by atoms with van der Waals surface area (Å²) in [4.78, 5) is 12.1. The van der Waals surface area contributed by atoms with Crippen molar-refractivity contribution in [1.29, 1.82) is 0 Å². The van der Waals surface area contributed by atoms with Gasteiger partial charge in [0.25, 0.3) is 0 Å². The van der Waals surface area contributed by atoms with Crippen molar-refractivity contribution in [1.82, 2.24) is 29.7 Å². The molecule has 0 fully saturated rings. The maximum atomic E-state index is 12.1. The third-order valence-electron chi connectivity index (χ3n) is 3.66. The fraction of sp³-hybridized carbons (Fsp3) is 0.0588. The van der Waals surface area contributed by atoms with Crippen LogP contribution in [0.1, 0.15) is 5.82 Å². The van der Waals surface area contributed by atoms with Gasteiger partial charge in [-0.15, -0.1) is 10.2 Å². The first-order valence-corrected chi connectivity index (χ1v) is 7.73. The molecule has 25 heavy (non-hydrogen) atoms. The van der Waals surface area contributed by atoms with E-state index in [1.807, 2.05) is 65.3 Å². The molecule has 0 atom stereocenters. The van der Waals surface area contributed by atoms with Crippen LogP contribution in [0.15, 0.2) is 67.1 Å². The smallest absolute Gasteiger partial charge is 0.319 e. The van der Waals surface area contributed by atoms with Crippen molar-refractivity contribution in [3.05, 3.63) is 72.9 Å². The number of amides is 2. The second-order valence-electron chi connectivity index (χ2n) is 5.35. The molecule has 0 spiro atoms. The number of nitrogens with zero attached hydrogens (tertiary/aromatic N) is 5. The molecule has 0 aliphatic carbocycles. The normalized spacial score (nSPS) is 10.7. The summed E-state index contributed by atoms with van der Waals surface area (Å²) in [6.45, 7) is 0.274. The van der Waals surface area contributed by atoms with Crippen LogP contribution in [-0.4, -0.2) is 30.4 Å². The Morgan fingerprint density at radius 1 is 1.04 bits per heavy atom. The standard InChI is InChI=1S/C17H15N7O/c25-17(18-12-16-22-21-15-7-1-2-9-23(15)16)20-13-5-3-6-14(11-13)24-10-4-8-19-24/h1-11H,12H2,(H2,18,20,25). The Morgan fingerprint density at radius 2 is 2.00 bits per heavy atom. The lowest BCUT2D eigenvalue weighted by atomic mass is 10.3. The zero-order valence-electron chi connectivity index (χ0n) is 13.2. The van der Waals surface area contributed by atoms with Crippen LogP contribution in [0.4, 0.5) is 10.5 Å². The minimum Gasteiger partial charge on any atom is -0.331 e. The van der Waals surface area contributed by atoms with Crippen LogP contribution < -0.4 is 10.6 Å². The molecule has 4 rings (SSSR count). The number of hydrogen-bond donors (Lipinski definition) is 2. The Labute approximate surface area is 143 Å². The molecule has 0 aliphatic rings. The highest BCUT2D eigenvalue weighted by atomic mass is 16.2.